The zero-order valence-electron chi connectivity index (χ0n) is 10.7. The summed E-state index contributed by atoms with van der Waals surface area (Å²) >= 11 is 5.63. The van der Waals surface area contributed by atoms with Crippen LogP contribution in [0, 0.1) is 11.7 Å². The van der Waals surface area contributed by atoms with Crippen molar-refractivity contribution in [3.05, 3.63) is 40.7 Å². The second-order valence-electron chi connectivity index (χ2n) is 4.37. The highest BCUT2D eigenvalue weighted by Gasteiger charge is 2.03. The second kappa shape index (κ2) is 7.92. The molecular weight excluding hydrogens is 269 g/mol. The zero-order valence-corrected chi connectivity index (χ0v) is 11.5. The van der Waals surface area contributed by atoms with Crippen LogP contribution in [0.3, 0.4) is 0 Å². The van der Waals surface area contributed by atoms with Gasteiger partial charge in [0.1, 0.15) is 5.82 Å². The van der Waals surface area contributed by atoms with Crippen molar-refractivity contribution in [1.29, 1.82) is 0 Å². The Morgan fingerprint density at radius 3 is 2.95 bits per heavy atom. The number of carbonyl (C=O) groups excluding carboxylic acids is 1. The summed E-state index contributed by atoms with van der Waals surface area (Å²) in [4.78, 5) is 11.5. The van der Waals surface area contributed by atoms with Crippen molar-refractivity contribution in [3.63, 3.8) is 0 Å². The van der Waals surface area contributed by atoms with Crippen molar-refractivity contribution in [2.24, 2.45) is 5.92 Å². The molecule has 104 valence electrons. The average Bonchev–Trinajstić information content (AvgIpc) is 2.38. The lowest BCUT2D eigenvalue weighted by molar-refractivity contribution is -0.116. The minimum atomic E-state index is -0.485. The fraction of sp³-hybridized carbons (Fsp3) is 0.357. The van der Waals surface area contributed by atoms with Crippen LogP contribution in [0.25, 0.3) is 6.08 Å². The SMILES string of the molecule is CC(CCO)CNC(=O)C=Cc1ccc(F)c(Cl)c1. The Balaban J connectivity index is 2.47. The summed E-state index contributed by atoms with van der Waals surface area (Å²) in [5, 5.41) is 11.5. The van der Waals surface area contributed by atoms with Crippen LogP contribution in [-0.2, 0) is 4.79 Å². The lowest BCUT2D eigenvalue weighted by Gasteiger charge is -2.09. The van der Waals surface area contributed by atoms with Gasteiger partial charge in [0.15, 0.2) is 0 Å². The van der Waals surface area contributed by atoms with Gasteiger partial charge in [-0.1, -0.05) is 24.6 Å². The Bertz CT molecular complexity index is 463. The Morgan fingerprint density at radius 2 is 2.32 bits per heavy atom. The Hall–Kier alpha value is -1.39. The molecule has 19 heavy (non-hydrogen) atoms. The molecule has 0 aliphatic carbocycles. The highest BCUT2D eigenvalue weighted by Crippen LogP contribution is 2.16. The maximum absolute atomic E-state index is 12.9. The van der Waals surface area contributed by atoms with E-state index in [-0.39, 0.29) is 23.5 Å². The first-order valence-corrected chi connectivity index (χ1v) is 6.42. The lowest BCUT2D eigenvalue weighted by Crippen LogP contribution is -2.26. The topological polar surface area (TPSA) is 49.3 Å². The van der Waals surface area contributed by atoms with E-state index >= 15 is 0 Å². The third-order valence-corrected chi connectivity index (χ3v) is 2.91. The van der Waals surface area contributed by atoms with Gasteiger partial charge in [0.2, 0.25) is 5.91 Å². The number of rotatable bonds is 6. The van der Waals surface area contributed by atoms with Gasteiger partial charge in [-0.3, -0.25) is 4.79 Å². The molecule has 0 saturated carbocycles. The molecule has 1 atom stereocenters. The molecule has 1 aromatic carbocycles. The van der Waals surface area contributed by atoms with Crippen LogP contribution in [0.5, 0.6) is 0 Å². The van der Waals surface area contributed by atoms with Crippen LogP contribution in [0.1, 0.15) is 18.9 Å². The fourth-order valence-corrected chi connectivity index (χ4v) is 1.63. The molecule has 0 heterocycles. The van der Waals surface area contributed by atoms with E-state index in [9.17, 15) is 9.18 Å². The van der Waals surface area contributed by atoms with Crippen molar-refractivity contribution in [3.8, 4) is 0 Å². The van der Waals surface area contributed by atoms with Gasteiger partial charge in [0, 0.05) is 19.2 Å². The van der Waals surface area contributed by atoms with Crippen molar-refractivity contribution in [2.45, 2.75) is 13.3 Å². The highest BCUT2D eigenvalue weighted by molar-refractivity contribution is 6.30. The van der Waals surface area contributed by atoms with Crippen molar-refractivity contribution >= 4 is 23.6 Å². The van der Waals surface area contributed by atoms with Crippen LogP contribution in [-0.4, -0.2) is 24.2 Å². The average molecular weight is 286 g/mol. The Labute approximate surface area is 117 Å². The van der Waals surface area contributed by atoms with Crippen LogP contribution in [0.15, 0.2) is 24.3 Å². The molecule has 1 rings (SSSR count). The monoisotopic (exact) mass is 285 g/mol. The van der Waals surface area contributed by atoms with Crippen LogP contribution in [0.4, 0.5) is 4.39 Å². The molecule has 0 aliphatic rings. The minimum Gasteiger partial charge on any atom is -0.396 e. The van der Waals surface area contributed by atoms with Crippen molar-refractivity contribution < 1.29 is 14.3 Å². The van der Waals surface area contributed by atoms with Crippen molar-refractivity contribution in [2.75, 3.05) is 13.2 Å². The molecule has 1 amide bonds. The fourth-order valence-electron chi connectivity index (χ4n) is 1.44. The molecule has 5 heteroatoms. The van der Waals surface area contributed by atoms with E-state index in [2.05, 4.69) is 5.32 Å². The number of halogens is 2. The summed E-state index contributed by atoms with van der Waals surface area (Å²) in [5.41, 5.74) is 0.657. The molecule has 0 fully saturated rings. The minimum absolute atomic E-state index is 0.0270. The second-order valence-corrected chi connectivity index (χ2v) is 4.78. The summed E-state index contributed by atoms with van der Waals surface area (Å²) in [6, 6.07) is 4.25. The van der Waals surface area contributed by atoms with Crippen LogP contribution >= 0.6 is 11.6 Å². The Morgan fingerprint density at radius 1 is 1.58 bits per heavy atom. The number of carbonyl (C=O) groups is 1. The molecule has 0 saturated heterocycles. The molecule has 1 aromatic rings. The molecular formula is C14H17ClFNO2. The van der Waals surface area contributed by atoms with Crippen LogP contribution in [0.2, 0.25) is 5.02 Å². The summed E-state index contributed by atoms with van der Waals surface area (Å²) in [6.45, 7) is 2.56. The normalized spacial score (nSPS) is 12.6. The van der Waals surface area contributed by atoms with Crippen LogP contribution < -0.4 is 5.32 Å². The van der Waals surface area contributed by atoms with Gasteiger partial charge >= 0.3 is 0 Å². The largest absolute Gasteiger partial charge is 0.396 e. The van der Waals surface area contributed by atoms with E-state index < -0.39 is 5.82 Å². The summed E-state index contributed by atoms with van der Waals surface area (Å²) in [7, 11) is 0. The summed E-state index contributed by atoms with van der Waals surface area (Å²) in [6.07, 6.45) is 3.59. The third-order valence-electron chi connectivity index (χ3n) is 2.62. The maximum atomic E-state index is 12.9. The van der Waals surface area contributed by atoms with Crippen molar-refractivity contribution in [1.82, 2.24) is 5.32 Å². The van der Waals surface area contributed by atoms with E-state index in [4.69, 9.17) is 16.7 Å². The van der Waals surface area contributed by atoms with Gasteiger partial charge in [-0.25, -0.2) is 4.39 Å². The smallest absolute Gasteiger partial charge is 0.244 e. The van der Waals surface area contributed by atoms with Gasteiger partial charge < -0.3 is 10.4 Å². The molecule has 0 radical (unpaired) electrons. The number of amides is 1. The first kappa shape index (κ1) is 15.7. The molecule has 0 aromatic heterocycles. The van der Waals surface area contributed by atoms with E-state index in [1.54, 1.807) is 12.1 Å². The number of aliphatic hydroxyl groups is 1. The summed E-state index contributed by atoms with van der Waals surface area (Å²) in [5.74, 6) is -0.492. The van der Waals surface area contributed by atoms with E-state index in [0.29, 0.717) is 18.5 Å². The highest BCUT2D eigenvalue weighted by atomic mass is 35.5. The van der Waals surface area contributed by atoms with Gasteiger partial charge in [-0.05, 0) is 36.1 Å². The summed E-state index contributed by atoms with van der Waals surface area (Å²) < 4.78 is 12.9. The van der Waals surface area contributed by atoms with Gasteiger partial charge in [0.25, 0.3) is 0 Å². The quantitative estimate of drug-likeness (QED) is 0.790. The van der Waals surface area contributed by atoms with E-state index in [1.807, 2.05) is 6.92 Å². The molecule has 2 N–H and O–H groups in total. The number of aliphatic hydroxyl groups excluding tert-OH is 1. The number of hydrogen-bond acceptors (Lipinski definition) is 2. The van der Waals surface area contributed by atoms with Gasteiger partial charge in [-0.15, -0.1) is 0 Å². The predicted molar refractivity (Wildman–Crippen MR) is 74.3 cm³/mol. The predicted octanol–water partition coefficient (Wildman–Crippen LogP) is 2.63. The zero-order chi connectivity index (χ0) is 14.3. The lowest BCUT2D eigenvalue weighted by atomic mass is 10.1. The third kappa shape index (κ3) is 5.85. The molecule has 1 unspecified atom stereocenters. The van der Waals surface area contributed by atoms with E-state index in [0.717, 1.165) is 0 Å². The molecule has 0 spiro atoms. The Kier molecular flexibility index (Phi) is 6.53. The number of benzene rings is 1. The van der Waals surface area contributed by atoms with E-state index in [1.165, 1.54) is 18.2 Å². The first-order valence-electron chi connectivity index (χ1n) is 6.04. The number of nitrogens with one attached hydrogen (secondary N) is 1. The molecule has 0 aliphatic heterocycles. The standard InChI is InChI=1S/C14H17ClFNO2/c1-10(6-7-18)9-17-14(19)5-3-11-2-4-13(16)12(15)8-11/h2-5,8,10,18H,6-7,9H2,1H3,(H,17,19). The molecule has 3 nitrogen and oxygen atoms in total. The molecule has 0 bridgehead atoms. The maximum Gasteiger partial charge on any atom is 0.244 e. The van der Waals surface area contributed by atoms with Gasteiger partial charge in [-0.2, -0.15) is 0 Å². The van der Waals surface area contributed by atoms with Gasteiger partial charge in [0.05, 0.1) is 5.02 Å². The number of hydrogen-bond donors (Lipinski definition) is 2. The first-order chi connectivity index (χ1) is 9.02.